The van der Waals surface area contributed by atoms with Crippen molar-refractivity contribution in [2.75, 3.05) is 11.9 Å². The average Bonchev–Trinajstić information content (AvgIpc) is 2.18. The number of nitrogens with zero attached hydrogens (tertiary/aromatic N) is 1. The van der Waals surface area contributed by atoms with Crippen LogP contribution in [0.5, 0.6) is 0 Å². The zero-order chi connectivity index (χ0) is 12.3. The number of benzene rings is 1. The lowest BCUT2D eigenvalue weighted by Crippen LogP contribution is -2.10. The summed E-state index contributed by atoms with van der Waals surface area (Å²) in [7, 11) is 0. The van der Waals surface area contributed by atoms with E-state index < -0.39 is 17.9 Å². The lowest BCUT2D eigenvalue weighted by molar-refractivity contribution is -0.385. The number of hydrogen-bond acceptors (Lipinski definition) is 3. The van der Waals surface area contributed by atoms with Crippen molar-refractivity contribution in [2.24, 2.45) is 0 Å². The van der Waals surface area contributed by atoms with Crippen LogP contribution in [-0.4, -0.2) is 17.9 Å². The lowest BCUT2D eigenvalue weighted by atomic mass is 10.2. The van der Waals surface area contributed by atoms with Crippen LogP contribution in [0, 0.1) is 17.0 Å². The van der Waals surface area contributed by atoms with Crippen LogP contribution >= 0.6 is 11.6 Å². The average molecular weight is 251 g/mol. The van der Waals surface area contributed by atoms with Crippen molar-refractivity contribution in [3.63, 3.8) is 0 Å². The lowest BCUT2D eigenvalue weighted by Gasteiger charge is -2.08. The highest BCUT2D eigenvalue weighted by Crippen LogP contribution is 2.30. The van der Waals surface area contributed by atoms with Crippen LogP contribution in [0.3, 0.4) is 0 Å². The highest BCUT2D eigenvalue weighted by Gasteiger charge is 2.14. The van der Waals surface area contributed by atoms with Crippen LogP contribution in [0.15, 0.2) is 12.1 Å². The first kappa shape index (κ1) is 12.6. The fourth-order valence-electron chi connectivity index (χ4n) is 1.19. The molecule has 0 bridgehead atoms. The fraction of sp³-hybridized carbons (Fsp3) is 0.333. The molecule has 0 atom stereocenters. The summed E-state index contributed by atoms with van der Waals surface area (Å²) in [4.78, 5) is 9.99. The van der Waals surface area contributed by atoms with Gasteiger partial charge in [0.2, 0.25) is 0 Å². The van der Waals surface area contributed by atoms with Crippen LogP contribution in [0.2, 0.25) is 5.02 Å². The third-order valence-electron chi connectivity index (χ3n) is 1.93. The van der Waals surface area contributed by atoms with Gasteiger partial charge in [-0.2, -0.15) is 0 Å². The highest BCUT2D eigenvalue weighted by atomic mass is 35.5. The van der Waals surface area contributed by atoms with Gasteiger partial charge in [0.1, 0.15) is 0 Å². The first-order valence-corrected chi connectivity index (χ1v) is 4.76. The Bertz CT molecular complexity index is 413. The van der Waals surface area contributed by atoms with E-state index in [1.807, 2.05) is 0 Å². The molecule has 0 saturated heterocycles. The zero-order valence-electron chi connectivity index (χ0n) is 8.34. The second-order valence-corrected chi connectivity index (χ2v) is 3.55. The van der Waals surface area contributed by atoms with E-state index in [1.54, 1.807) is 0 Å². The molecule has 1 aromatic carbocycles. The Labute approximate surface area is 95.4 Å². The molecule has 1 rings (SSSR count). The minimum atomic E-state index is -2.51. The Hall–Kier alpha value is -1.43. The van der Waals surface area contributed by atoms with Crippen molar-refractivity contribution in [2.45, 2.75) is 13.3 Å². The van der Waals surface area contributed by atoms with Crippen LogP contribution in [0.4, 0.5) is 20.2 Å². The summed E-state index contributed by atoms with van der Waals surface area (Å²) in [5, 5.41) is 13.0. The number of nitro groups is 1. The van der Waals surface area contributed by atoms with Gasteiger partial charge in [0.15, 0.2) is 0 Å². The molecule has 0 unspecified atom stereocenters. The number of alkyl halides is 2. The van der Waals surface area contributed by atoms with Gasteiger partial charge in [0, 0.05) is 11.6 Å². The van der Waals surface area contributed by atoms with Crippen molar-refractivity contribution >= 4 is 23.0 Å². The Morgan fingerprint density at radius 2 is 2.19 bits per heavy atom. The molecule has 0 aromatic heterocycles. The smallest absolute Gasteiger partial charge is 0.273 e. The Morgan fingerprint density at radius 3 is 2.69 bits per heavy atom. The van der Waals surface area contributed by atoms with E-state index in [2.05, 4.69) is 5.32 Å². The van der Waals surface area contributed by atoms with E-state index in [4.69, 9.17) is 11.6 Å². The van der Waals surface area contributed by atoms with E-state index in [9.17, 15) is 18.9 Å². The summed E-state index contributed by atoms with van der Waals surface area (Å²) in [5.74, 6) is 0. The van der Waals surface area contributed by atoms with E-state index in [0.29, 0.717) is 5.56 Å². The number of aryl methyl sites for hydroxylation is 1. The Morgan fingerprint density at radius 1 is 1.56 bits per heavy atom. The number of rotatable bonds is 4. The highest BCUT2D eigenvalue weighted by molar-refractivity contribution is 6.33. The fourth-order valence-corrected chi connectivity index (χ4v) is 1.42. The maximum atomic E-state index is 11.9. The summed E-state index contributed by atoms with van der Waals surface area (Å²) in [6.45, 7) is 0.971. The summed E-state index contributed by atoms with van der Waals surface area (Å²) in [5.41, 5.74) is 0.504. The monoisotopic (exact) mass is 250 g/mol. The minimum Gasteiger partial charge on any atom is -0.378 e. The SMILES string of the molecule is Cc1cc(NCC(F)F)c(Cl)cc1[N+](=O)[O-]. The van der Waals surface area contributed by atoms with Crippen molar-refractivity contribution in [1.82, 2.24) is 0 Å². The molecule has 4 nitrogen and oxygen atoms in total. The quantitative estimate of drug-likeness (QED) is 0.659. The van der Waals surface area contributed by atoms with E-state index >= 15 is 0 Å². The Balaban J connectivity index is 2.96. The molecule has 16 heavy (non-hydrogen) atoms. The summed E-state index contributed by atoms with van der Waals surface area (Å²) < 4.78 is 23.9. The molecule has 0 radical (unpaired) electrons. The van der Waals surface area contributed by atoms with Gasteiger partial charge in [-0.05, 0) is 13.0 Å². The van der Waals surface area contributed by atoms with E-state index in [-0.39, 0.29) is 16.4 Å². The second kappa shape index (κ2) is 5.07. The van der Waals surface area contributed by atoms with Gasteiger partial charge < -0.3 is 5.32 Å². The third kappa shape index (κ3) is 3.03. The van der Waals surface area contributed by atoms with Gasteiger partial charge in [0.05, 0.1) is 22.2 Å². The van der Waals surface area contributed by atoms with Gasteiger partial charge in [-0.1, -0.05) is 11.6 Å². The largest absolute Gasteiger partial charge is 0.378 e. The van der Waals surface area contributed by atoms with Crippen molar-refractivity contribution in [1.29, 1.82) is 0 Å². The maximum absolute atomic E-state index is 11.9. The molecule has 0 spiro atoms. The maximum Gasteiger partial charge on any atom is 0.273 e. The number of nitro benzene ring substituents is 1. The van der Waals surface area contributed by atoms with Crippen LogP contribution in [0.25, 0.3) is 0 Å². The molecule has 0 aliphatic carbocycles. The molecule has 1 N–H and O–H groups in total. The van der Waals surface area contributed by atoms with E-state index in [1.165, 1.54) is 13.0 Å². The molecular weight excluding hydrogens is 242 g/mol. The van der Waals surface area contributed by atoms with Gasteiger partial charge in [-0.25, -0.2) is 8.78 Å². The normalized spacial score (nSPS) is 10.6. The number of hydrogen-bond donors (Lipinski definition) is 1. The topological polar surface area (TPSA) is 55.2 Å². The summed E-state index contributed by atoms with van der Waals surface area (Å²) in [6.07, 6.45) is -2.51. The molecule has 1 aromatic rings. The zero-order valence-corrected chi connectivity index (χ0v) is 9.09. The molecule has 0 heterocycles. The predicted molar refractivity (Wildman–Crippen MR) is 57.3 cm³/mol. The van der Waals surface area contributed by atoms with Gasteiger partial charge in [-0.15, -0.1) is 0 Å². The standard InChI is InChI=1S/C9H9ClF2N2O2/c1-5-2-7(13-4-9(11)12)6(10)3-8(5)14(15)16/h2-3,9,13H,4H2,1H3. The first-order chi connectivity index (χ1) is 7.41. The Kier molecular flexibility index (Phi) is 4.00. The van der Waals surface area contributed by atoms with Crippen molar-refractivity contribution in [3.05, 3.63) is 32.8 Å². The number of anilines is 1. The first-order valence-electron chi connectivity index (χ1n) is 4.38. The molecule has 0 aliphatic rings. The summed E-state index contributed by atoms with van der Waals surface area (Å²) in [6, 6.07) is 2.52. The number of nitrogens with one attached hydrogen (secondary N) is 1. The minimum absolute atomic E-state index is 0.0537. The summed E-state index contributed by atoms with van der Waals surface area (Å²) >= 11 is 5.72. The second-order valence-electron chi connectivity index (χ2n) is 3.15. The molecule has 0 amide bonds. The molecule has 0 aliphatic heterocycles. The third-order valence-corrected chi connectivity index (χ3v) is 2.24. The van der Waals surface area contributed by atoms with Gasteiger partial charge >= 0.3 is 0 Å². The van der Waals surface area contributed by atoms with Crippen molar-refractivity contribution < 1.29 is 13.7 Å². The van der Waals surface area contributed by atoms with Crippen molar-refractivity contribution in [3.8, 4) is 0 Å². The number of halogens is 3. The van der Waals surface area contributed by atoms with Gasteiger partial charge in [-0.3, -0.25) is 10.1 Å². The predicted octanol–water partition coefficient (Wildman–Crippen LogP) is 3.23. The molecule has 0 fully saturated rings. The molecule has 7 heteroatoms. The van der Waals surface area contributed by atoms with Gasteiger partial charge in [0.25, 0.3) is 12.1 Å². The molecule has 0 saturated carbocycles. The molecular formula is C9H9ClF2N2O2. The van der Waals surface area contributed by atoms with E-state index in [0.717, 1.165) is 6.07 Å². The van der Waals surface area contributed by atoms with Crippen LogP contribution in [0.1, 0.15) is 5.56 Å². The van der Waals surface area contributed by atoms with Crippen LogP contribution in [-0.2, 0) is 0 Å². The molecule has 88 valence electrons. The van der Waals surface area contributed by atoms with Crippen LogP contribution < -0.4 is 5.32 Å².